The standard InChI is InChI=1S/C18H18FN3O3/c1-12(23)21-14-6-4-7-15(11-14)22-18(25)17(24)20-10-9-13-5-2-3-8-16(13)19/h2-8,11H,9-10H2,1H3,(H,20,24)(H,21,23)(H,22,25). The average Bonchev–Trinajstić information content (AvgIpc) is 2.56. The van der Waals surface area contributed by atoms with Crippen LogP contribution in [0.15, 0.2) is 48.5 Å². The third-order valence-corrected chi connectivity index (χ3v) is 3.28. The second kappa shape index (κ2) is 8.58. The number of rotatable bonds is 5. The van der Waals surface area contributed by atoms with Crippen LogP contribution in [-0.4, -0.2) is 24.3 Å². The van der Waals surface area contributed by atoms with Gasteiger partial charge < -0.3 is 16.0 Å². The van der Waals surface area contributed by atoms with E-state index in [-0.39, 0.29) is 24.7 Å². The summed E-state index contributed by atoms with van der Waals surface area (Å²) in [7, 11) is 0. The lowest BCUT2D eigenvalue weighted by molar-refractivity contribution is -0.136. The number of hydrogen-bond acceptors (Lipinski definition) is 3. The van der Waals surface area contributed by atoms with Crippen molar-refractivity contribution in [3.63, 3.8) is 0 Å². The van der Waals surface area contributed by atoms with Gasteiger partial charge in [-0.25, -0.2) is 4.39 Å². The Morgan fingerprint density at radius 1 is 0.920 bits per heavy atom. The van der Waals surface area contributed by atoms with E-state index >= 15 is 0 Å². The average molecular weight is 343 g/mol. The zero-order valence-electron chi connectivity index (χ0n) is 13.6. The summed E-state index contributed by atoms with van der Waals surface area (Å²) in [6, 6.07) is 12.7. The molecule has 0 spiro atoms. The van der Waals surface area contributed by atoms with Gasteiger partial charge in [0, 0.05) is 24.8 Å². The summed E-state index contributed by atoms with van der Waals surface area (Å²) in [5.41, 5.74) is 1.34. The molecule has 2 aromatic rings. The largest absolute Gasteiger partial charge is 0.347 e. The molecule has 3 N–H and O–H groups in total. The molecule has 0 heterocycles. The smallest absolute Gasteiger partial charge is 0.313 e. The van der Waals surface area contributed by atoms with Crippen LogP contribution >= 0.6 is 0 Å². The highest BCUT2D eigenvalue weighted by Crippen LogP contribution is 2.14. The molecule has 0 fully saturated rings. The Bertz CT molecular complexity index is 793. The van der Waals surface area contributed by atoms with Crippen molar-refractivity contribution in [1.29, 1.82) is 0 Å². The van der Waals surface area contributed by atoms with E-state index in [0.29, 0.717) is 16.9 Å². The number of nitrogens with one attached hydrogen (secondary N) is 3. The van der Waals surface area contributed by atoms with E-state index in [1.54, 1.807) is 36.4 Å². The van der Waals surface area contributed by atoms with Crippen LogP contribution in [0.5, 0.6) is 0 Å². The van der Waals surface area contributed by atoms with E-state index < -0.39 is 11.8 Å². The van der Waals surface area contributed by atoms with E-state index in [9.17, 15) is 18.8 Å². The van der Waals surface area contributed by atoms with Gasteiger partial charge in [-0.1, -0.05) is 24.3 Å². The number of benzene rings is 2. The van der Waals surface area contributed by atoms with Gasteiger partial charge in [0.05, 0.1) is 0 Å². The van der Waals surface area contributed by atoms with Gasteiger partial charge in [-0.05, 0) is 36.2 Å². The molecule has 0 atom stereocenters. The van der Waals surface area contributed by atoms with Gasteiger partial charge in [0.15, 0.2) is 0 Å². The van der Waals surface area contributed by atoms with Crippen molar-refractivity contribution >= 4 is 29.1 Å². The molecule has 7 heteroatoms. The summed E-state index contributed by atoms with van der Waals surface area (Å²) in [5.74, 6) is -2.25. The molecule has 3 amide bonds. The van der Waals surface area contributed by atoms with E-state index in [0.717, 1.165) is 0 Å². The van der Waals surface area contributed by atoms with Crippen molar-refractivity contribution in [3.8, 4) is 0 Å². The quantitative estimate of drug-likeness (QED) is 0.727. The number of anilines is 2. The third-order valence-electron chi connectivity index (χ3n) is 3.28. The lowest BCUT2D eigenvalue weighted by atomic mass is 10.1. The molecular weight excluding hydrogens is 325 g/mol. The summed E-state index contributed by atoms with van der Waals surface area (Å²) in [4.78, 5) is 34.7. The van der Waals surface area contributed by atoms with E-state index in [1.165, 1.54) is 19.1 Å². The second-order valence-electron chi connectivity index (χ2n) is 5.31. The Labute approximate surface area is 144 Å². The van der Waals surface area contributed by atoms with Crippen molar-refractivity contribution in [2.45, 2.75) is 13.3 Å². The zero-order valence-corrected chi connectivity index (χ0v) is 13.6. The normalized spacial score (nSPS) is 10.0. The monoisotopic (exact) mass is 343 g/mol. The minimum atomic E-state index is -0.839. The molecule has 25 heavy (non-hydrogen) atoms. The van der Waals surface area contributed by atoms with Gasteiger partial charge in [0.2, 0.25) is 5.91 Å². The van der Waals surface area contributed by atoms with Crippen LogP contribution in [0.4, 0.5) is 15.8 Å². The summed E-state index contributed by atoms with van der Waals surface area (Å²) in [5, 5.41) is 7.46. The second-order valence-corrected chi connectivity index (χ2v) is 5.31. The minimum absolute atomic E-state index is 0.138. The number of hydrogen-bond donors (Lipinski definition) is 3. The molecule has 0 aromatic heterocycles. The summed E-state index contributed by atoms with van der Waals surface area (Å²) in [6.07, 6.45) is 0.281. The fourth-order valence-corrected chi connectivity index (χ4v) is 2.16. The van der Waals surface area contributed by atoms with Gasteiger partial charge in [-0.15, -0.1) is 0 Å². The predicted molar refractivity (Wildman–Crippen MR) is 92.5 cm³/mol. The number of amides is 3. The van der Waals surface area contributed by atoms with Crippen molar-refractivity contribution in [3.05, 3.63) is 59.9 Å². The summed E-state index contributed by atoms with van der Waals surface area (Å²) in [6.45, 7) is 1.51. The van der Waals surface area contributed by atoms with Crippen LogP contribution in [0.3, 0.4) is 0 Å². The zero-order chi connectivity index (χ0) is 18.2. The highest BCUT2D eigenvalue weighted by Gasteiger charge is 2.13. The van der Waals surface area contributed by atoms with Crippen LogP contribution in [0.2, 0.25) is 0 Å². The van der Waals surface area contributed by atoms with Crippen molar-refractivity contribution in [2.75, 3.05) is 17.2 Å². The van der Waals surface area contributed by atoms with Crippen molar-refractivity contribution < 1.29 is 18.8 Å². The van der Waals surface area contributed by atoms with E-state index in [4.69, 9.17) is 0 Å². The van der Waals surface area contributed by atoms with Gasteiger partial charge >= 0.3 is 11.8 Å². The van der Waals surface area contributed by atoms with Gasteiger partial charge in [0.1, 0.15) is 5.82 Å². The number of halogens is 1. The van der Waals surface area contributed by atoms with Gasteiger partial charge in [-0.3, -0.25) is 14.4 Å². The molecule has 0 aliphatic rings. The molecule has 0 radical (unpaired) electrons. The Morgan fingerprint density at radius 2 is 1.60 bits per heavy atom. The van der Waals surface area contributed by atoms with Crippen molar-refractivity contribution in [1.82, 2.24) is 5.32 Å². The topological polar surface area (TPSA) is 87.3 Å². The molecule has 0 saturated heterocycles. The molecular formula is C18H18FN3O3. The Balaban J connectivity index is 1.85. The molecule has 0 unspecified atom stereocenters. The first-order chi connectivity index (χ1) is 12.0. The predicted octanol–water partition coefficient (Wildman–Crippen LogP) is 2.08. The van der Waals surface area contributed by atoms with Gasteiger partial charge in [0.25, 0.3) is 0 Å². The fraction of sp³-hybridized carbons (Fsp3) is 0.167. The first-order valence-electron chi connectivity index (χ1n) is 7.66. The number of carbonyl (C=O) groups is 3. The SMILES string of the molecule is CC(=O)Nc1cccc(NC(=O)C(=O)NCCc2ccccc2F)c1. The highest BCUT2D eigenvalue weighted by atomic mass is 19.1. The molecule has 130 valence electrons. The van der Waals surface area contributed by atoms with Crippen LogP contribution in [0, 0.1) is 5.82 Å². The minimum Gasteiger partial charge on any atom is -0.347 e. The molecule has 2 rings (SSSR count). The maximum atomic E-state index is 13.5. The third kappa shape index (κ3) is 5.72. The fourth-order valence-electron chi connectivity index (χ4n) is 2.16. The lowest BCUT2D eigenvalue weighted by Gasteiger charge is -2.08. The summed E-state index contributed by atoms with van der Waals surface area (Å²) >= 11 is 0. The van der Waals surface area contributed by atoms with Crippen molar-refractivity contribution in [2.24, 2.45) is 0 Å². The number of carbonyl (C=O) groups excluding carboxylic acids is 3. The van der Waals surface area contributed by atoms with Gasteiger partial charge in [-0.2, -0.15) is 0 Å². The summed E-state index contributed by atoms with van der Waals surface area (Å²) < 4.78 is 13.5. The maximum Gasteiger partial charge on any atom is 0.313 e. The Kier molecular flexibility index (Phi) is 6.22. The maximum absolute atomic E-state index is 13.5. The van der Waals surface area contributed by atoms with Crippen LogP contribution in [0.25, 0.3) is 0 Å². The molecule has 0 aliphatic heterocycles. The lowest BCUT2D eigenvalue weighted by Crippen LogP contribution is -2.36. The van der Waals surface area contributed by atoms with E-state index in [2.05, 4.69) is 16.0 Å². The molecule has 0 saturated carbocycles. The van der Waals surface area contributed by atoms with Crippen LogP contribution in [-0.2, 0) is 20.8 Å². The first-order valence-corrected chi connectivity index (χ1v) is 7.66. The molecule has 0 aliphatic carbocycles. The Morgan fingerprint density at radius 3 is 2.28 bits per heavy atom. The van der Waals surface area contributed by atoms with Crippen LogP contribution in [0.1, 0.15) is 12.5 Å². The van der Waals surface area contributed by atoms with E-state index in [1.807, 2.05) is 0 Å². The molecule has 0 bridgehead atoms. The first kappa shape index (κ1) is 18.1. The molecule has 6 nitrogen and oxygen atoms in total. The highest BCUT2D eigenvalue weighted by molar-refractivity contribution is 6.39. The van der Waals surface area contributed by atoms with Crippen LogP contribution < -0.4 is 16.0 Å². The molecule has 2 aromatic carbocycles. The Hall–Kier alpha value is -3.22.